The maximum Gasteiger partial charge on any atom is 0.308 e. The number of hydrogen-bond donors (Lipinski definition) is 1. The Kier molecular flexibility index (Phi) is 4.34. The van der Waals surface area contributed by atoms with Gasteiger partial charge < -0.3 is 10.0 Å². The molecule has 0 saturated carbocycles. The van der Waals surface area contributed by atoms with Gasteiger partial charge in [0.2, 0.25) is 0 Å². The maximum absolute atomic E-state index is 12.2. The minimum Gasteiger partial charge on any atom is -0.481 e. The lowest BCUT2D eigenvalue weighted by Gasteiger charge is -2.19. The fourth-order valence-electron chi connectivity index (χ4n) is 1.64. The number of carbonyl (C=O) groups is 2. The molecule has 18 heavy (non-hydrogen) atoms. The van der Waals surface area contributed by atoms with Crippen LogP contribution < -0.4 is 0 Å². The van der Waals surface area contributed by atoms with Gasteiger partial charge in [-0.25, -0.2) is 0 Å². The Labute approximate surface area is 110 Å². The first-order chi connectivity index (χ1) is 8.25. The van der Waals surface area contributed by atoms with E-state index in [4.69, 9.17) is 16.7 Å². The van der Waals surface area contributed by atoms with E-state index in [9.17, 15) is 9.59 Å². The maximum atomic E-state index is 12.2. The van der Waals surface area contributed by atoms with Gasteiger partial charge in [0.15, 0.2) is 0 Å². The van der Waals surface area contributed by atoms with Gasteiger partial charge in [0.1, 0.15) is 5.15 Å². The van der Waals surface area contributed by atoms with E-state index in [0.717, 1.165) is 0 Å². The molecule has 6 nitrogen and oxygen atoms in total. The summed E-state index contributed by atoms with van der Waals surface area (Å²) in [7, 11) is 3.19. The van der Waals surface area contributed by atoms with E-state index in [0.29, 0.717) is 11.3 Å². The van der Waals surface area contributed by atoms with Gasteiger partial charge in [-0.05, 0) is 6.92 Å². The zero-order chi connectivity index (χ0) is 14.0. The highest BCUT2D eigenvalue weighted by Gasteiger charge is 2.24. The molecule has 0 fully saturated rings. The molecule has 1 rings (SSSR count). The molecule has 0 spiro atoms. The number of rotatable bonds is 4. The summed E-state index contributed by atoms with van der Waals surface area (Å²) in [6, 6.07) is 0. The lowest BCUT2D eigenvalue weighted by Crippen LogP contribution is -2.34. The molecule has 0 radical (unpaired) electrons. The summed E-state index contributed by atoms with van der Waals surface area (Å²) in [4.78, 5) is 24.2. The van der Waals surface area contributed by atoms with Crippen LogP contribution in [0.25, 0.3) is 0 Å². The average molecular weight is 274 g/mol. The zero-order valence-electron chi connectivity index (χ0n) is 10.8. The van der Waals surface area contributed by atoms with Crippen molar-refractivity contribution in [2.75, 3.05) is 13.6 Å². The van der Waals surface area contributed by atoms with Crippen LogP contribution in [0.2, 0.25) is 5.15 Å². The number of carboxylic acid groups (broad SMARTS) is 1. The van der Waals surface area contributed by atoms with Gasteiger partial charge in [-0.1, -0.05) is 18.5 Å². The Morgan fingerprint density at radius 2 is 2.11 bits per heavy atom. The number of nitrogens with zero attached hydrogens (tertiary/aromatic N) is 3. The van der Waals surface area contributed by atoms with Crippen molar-refractivity contribution in [2.24, 2.45) is 13.0 Å². The third kappa shape index (κ3) is 2.81. The smallest absolute Gasteiger partial charge is 0.308 e. The molecule has 100 valence electrons. The van der Waals surface area contributed by atoms with Crippen LogP contribution in [-0.4, -0.2) is 45.3 Å². The Balaban J connectivity index is 2.90. The van der Waals surface area contributed by atoms with Crippen LogP contribution in [-0.2, 0) is 11.8 Å². The monoisotopic (exact) mass is 273 g/mol. The molecule has 0 saturated heterocycles. The molecule has 1 N–H and O–H groups in total. The first-order valence-electron chi connectivity index (χ1n) is 5.43. The minimum atomic E-state index is -0.941. The number of aliphatic carboxylic acids is 1. The molecule has 1 atom stereocenters. The highest BCUT2D eigenvalue weighted by atomic mass is 35.5. The summed E-state index contributed by atoms with van der Waals surface area (Å²) < 4.78 is 1.42. The molecule has 0 bridgehead atoms. The number of aromatic nitrogens is 2. The van der Waals surface area contributed by atoms with Crippen molar-refractivity contribution in [3.8, 4) is 0 Å². The summed E-state index contributed by atoms with van der Waals surface area (Å²) >= 11 is 5.99. The van der Waals surface area contributed by atoms with Crippen molar-refractivity contribution < 1.29 is 14.7 Å². The highest BCUT2D eigenvalue weighted by Crippen LogP contribution is 2.20. The Morgan fingerprint density at radius 3 is 2.50 bits per heavy atom. The number of aryl methyl sites for hydroxylation is 2. The van der Waals surface area contributed by atoms with Crippen LogP contribution in [0.5, 0.6) is 0 Å². The molecule has 1 amide bonds. The van der Waals surface area contributed by atoms with E-state index < -0.39 is 11.9 Å². The average Bonchev–Trinajstić information content (AvgIpc) is 2.52. The first-order valence-corrected chi connectivity index (χ1v) is 5.80. The van der Waals surface area contributed by atoms with Gasteiger partial charge in [0.05, 0.1) is 17.2 Å². The van der Waals surface area contributed by atoms with Gasteiger partial charge in [-0.3, -0.25) is 14.3 Å². The number of carbonyl (C=O) groups excluding carboxylic acids is 1. The summed E-state index contributed by atoms with van der Waals surface area (Å²) in [5, 5.41) is 13.1. The molecule has 0 aromatic carbocycles. The molecule has 1 heterocycles. The summed E-state index contributed by atoms with van der Waals surface area (Å²) in [6.45, 7) is 3.36. The predicted molar refractivity (Wildman–Crippen MR) is 66.7 cm³/mol. The second kappa shape index (κ2) is 5.39. The Hall–Kier alpha value is -1.56. The molecular weight excluding hydrogens is 258 g/mol. The van der Waals surface area contributed by atoms with Gasteiger partial charge in [-0.15, -0.1) is 0 Å². The normalized spacial score (nSPS) is 12.3. The van der Waals surface area contributed by atoms with E-state index in [1.54, 1.807) is 27.9 Å². The van der Waals surface area contributed by atoms with Gasteiger partial charge in [0, 0.05) is 20.6 Å². The third-order valence-corrected chi connectivity index (χ3v) is 3.12. The summed E-state index contributed by atoms with van der Waals surface area (Å²) in [6.07, 6.45) is 0. The van der Waals surface area contributed by atoms with Crippen LogP contribution in [0.1, 0.15) is 23.0 Å². The molecule has 1 aromatic rings. The lowest BCUT2D eigenvalue weighted by atomic mass is 10.1. The molecule has 1 aromatic heterocycles. The van der Waals surface area contributed by atoms with Crippen LogP contribution in [0.4, 0.5) is 0 Å². The predicted octanol–water partition coefficient (Wildman–Crippen LogP) is 1.17. The van der Waals surface area contributed by atoms with Crippen molar-refractivity contribution >= 4 is 23.5 Å². The SMILES string of the molecule is Cc1nn(C)c(Cl)c1C(=O)N(C)C[C@H](C)C(=O)O. The number of amides is 1. The van der Waals surface area contributed by atoms with Gasteiger partial charge >= 0.3 is 5.97 Å². The molecule has 0 aliphatic heterocycles. The van der Waals surface area contributed by atoms with Gasteiger partial charge in [0.25, 0.3) is 5.91 Å². The van der Waals surface area contributed by atoms with E-state index in [-0.39, 0.29) is 17.6 Å². The largest absolute Gasteiger partial charge is 0.481 e. The first kappa shape index (κ1) is 14.5. The molecule has 0 unspecified atom stereocenters. The second-order valence-corrected chi connectivity index (χ2v) is 4.66. The molecule has 7 heteroatoms. The summed E-state index contributed by atoms with van der Waals surface area (Å²) in [5.74, 6) is -1.89. The highest BCUT2D eigenvalue weighted by molar-refractivity contribution is 6.33. The van der Waals surface area contributed by atoms with Crippen LogP contribution in [0.15, 0.2) is 0 Å². The molecule has 0 aliphatic rings. The van der Waals surface area contributed by atoms with Crippen molar-refractivity contribution in [3.63, 3.8) is 0 Å². The standard InChI is InChI=1S/C11H16ClN3O3/c1-6(11(17)18)5-14(3)10(16)8-7(2)13-15(4)9(8)12/h6H,5H2,1-4H3,(H,17,18)/t6-/m0/s1. The zero-order valence-corrected chi connectivity index (χ0v) is 11.5. The topological polar surface area (TPSA) is 75.4 Å². The van der Waals surface area contributed by atoms with E-state index in [1.165, 1.54) is 9.58 Å². The quantitative estimate of drug-likeness (QED) is 0.894. The van der Waals surface area contributed by atoms with Crippen LogP contribution >= 0.6 is 11.6 Å². The lowest BCUT2D eigenvalue weighted by molar-refractivity contribution is -0.141. The third-order valence-electron chi connectivity index (χ3n) is 2.68. The number of carboxylic acids is 1. The van der Waals surface area contributed by atoms with Gasteiger partial charge in [-0.2, -0.15) is 5.10 Å². The van der Waals surface area contributed by atoms with Crippen molar-refractivity contribution in [1.29, 1.82) is 0 Å². The van der Waals surface area contributed by atoms with Crippen LogP contribution in [0.3, 0.4) is 0 Å². The van der Waals surface area contributed by atoms with E-state index in [1.807, 2.05) is 0 Å². The summed E-state index contributed by atoms with van der Waals surface area (Å²) in [5.41, 5.74) is 0.849. The molecule has 0 aliphatic carbocycles. The van der Waals surface area contributed by atoms with Crippen LogP contribution in [0, 0.1) is 12.8 Å². The van der Waals surface area contributed by atoms with E-state index >= 15 is 0 Å². The molecular formula is C11H16ClN3O3. The Morgan fingerprint density at radius 1 is 1.56 bits per heavy atom. The van der Waals surface area contributed by atoms with Crippen molar-refractivity contribution in [1.82, 2.24) is 14.7 Å². The Bertz CT molecular complexity index is 484. The number of halogens is 1. The fourth-order valence-corrected chi connectivity index (χ4v) is 1.89. The second-order valence-electron chi connectivity index (χ2n) is 4.30. The minimum absolute atomic E-state index is 0.124. The van der Waals surface area contributed by atoms with E-state index in [2.05, 4.69) is 5.10 Å². The number of hydrogen-bond acceptors (Lipinski definition) is 3. The van der Waals surface area contributed by atoms with Crippen molar-refractivity contribution in [3.05, 3.63) is 16.4 Å². The fraction of sp³-hybridized carbons (Fsp3) is 0.545. The van der Waals surface area contributed by atoms with Crippen molar-refractivity contribution in [2.45, 2.75) is 13.8 Å².